The van der Waals surface area contributed by atoms with Gasteiger partial charge in [-0.25, -0.2) is 0 Å². The summed E-state index contributed by atoms with van der Waals surface area (Å²) >= 11 is 5.72. The fraction of sp³-hybridized carbons (Fsp3) is 0.133. The molecule has 0 bridgehead atoms. The van der Waals surface area contributed by atoms with E-state index in [-0.39, 0.29) is 17.2 Å². The Labute approximate surface area is 116 Å². The number of carbonyl (C=O) groups excluding carboxylic acids is 1. The molecule has 0 aliphatic heterocycles. The molecule has 0 unspecified atom stereocenters. The van der Waals surface area contributed by atoms with E-state index in [1.807, 2.05) is 24.3 Å². The van der Waals surface area contributed by atoms with Gasteiger partial charge in [0.2, 0.25) is 0 Å². The maximum absolute atomic E-state index is 12.0. The Hall–Kier alpha value is -2.00. The molecule has 0 saturated heterocycles. The summed E-state index contributed by atoms with van der Waals surface area (Å²) in [5.41, 5.74) is 2.09. The van der Waals surface area contributed by atoms with Gasteiger partial charge >= 0.3 is 0 Å². The number of nitrogens with one attached hydrogen (secondary N) is 1. The molecule has 0 atom stereocenters. The largest absolute Gasteiger partial charge is 0.507 e. The van der Waals surface area contributed by atoms with Crippen molar-refractivity contribution in [2.24, 2.45) is 0 Å². The zero-order chi connectivity index (χ0) is 13.8. The van der Waals surface area contributed by atoms with Gasteiger partial charge in [0, 0.05) is 10.7 Å². The van der Waals surface area contributed by atoms with E-state index in [2.05, 4.69) is 12.2 Å². The number of aromatic hydroxyl groups is 1. The summed E-state index contributed by atoms with van der Waals surface area (Å²) in [4.78, 5) is 12.0. The standard InChI is InChI=1S/C15H14ClNO2/c1-2-10-3-6-12(7-4-10)17-15(19)13-8-5-11(16)9-14(13)18/h3-9,18H,2H2,1H3,(H,17,19). The number of phenolic OH excluding ortho intramolecular Hbond substituents is 1. The SMILES string of the molecule is CCc1ccc(NC(=O)c2ccc(Cl)cc2O)cc1. The lowest BCUT2D eigenvalue weighted by atomic mass is 10.1. The van der Waals surface area contributed by atoms with E-state index in [1.54, 1.807) is 6.07 Å². The number of aryl methyl sites for hydroxylation is 1. The number of amides is 1. The first-order valence-electron chi connectivity index (χ1n) is 5.99. The van der Waals surface area contributed by atoms with E-state index in [0.29, 0.717) is 10.7 Å². The first-order valence-corrected chi connectivity index (χ1v) is 6.36. The van der Waals surface area contributed by atoms with Gasteiger partial charge in [-0.2, -0.15) is 0 Å². The Bertz CT molecular complexity index is 594. The van der Waals surface area contributed by atoms with Crippen molar-refractivity contribution in [2.45, 2.75) is 13.3 Å². The second kappa shape index (κ2) is 5.76. The zero-order valence-electron chi connectivity index (χ0n) is 10.5. The second-order valence-electron chi connectivity index (χ2n) is 4.17. The van der Waals surface area contributed by atoms with Crippen molar-refractivity contribution < 1.29 is 9.90 Å². The summed E-state index contributed by atoms with van der Waals surface area (Å²) in [5.74, 6) is -0.492. The average Bonchev–Trinajstić information content (AvgIpc) is 2.39. The van der Waals surface area contributed by atoms with Gasteiger partial charge in [-0.1, -0.05) is 30.7 Å². The fourth-order valence-corrected chi connectivity index (χ4v) is 1.89. The summed E-state index contributed by atoms with van der Waals surface area (Å²) in [6.07, 6.45) is 0.951. The minimum absolute atomic E-state index is 0.129. The smallest absolute Gasteiger partial charge is 0.259 e. The highest BCUT2D eigenvalue weighted by atomic mass is 35.5. The highest BCUT2D eigenvalue weighted by Crippen LogP contribution is 2.23. The van der Waals surface area contributed by atoms with Crippen molar-refractivity contribution >= 4 is 23.2 Å². The number of benzene rings is 2. The van der Waals surface area contributed by atoms with Gasteiger partial charge in [-0.15, -0.1) is 0 Å². The number of halogens is 1. The topological polar surface area (TPSA) is 49.3 Å². The second-order valence-corrected chi connectivity index (χ2v) is 4.60. The molecule has 0 fully saturated rings. The molecule has 4 heteroatoms. The maximum Gasteiger partial charge on any atom is 0.259 e. The van der Waals surface area contributed by atoms with Crippen LogP contribution in [0.2, 0.25) is 5.02 Å². The van der Waals surface area contributed by atoms with Crippen molar-refractivity contribution in [3.63, 3.8) is 0 Å². The van der Waals surface area contributed by atoms with Gasteiger partial charge in [0.1, 0.15) is 5.75 Å². The molecular formula is C15H14ClNO2. The van der Waals surface area contributed by atoms with Crippen LogP contribution in [0.15, 0.2) is 42.5 Å². The summed E-state index contributed by atoms with van der Waals surface area (Å²) in [5, 5.41) is 12.8. The van der Waals surface area contributed by atoms with Crippen LogP contribution in [0.25, 0.3) is 0 Å². The molecule has 1 amide bonds. The normalized spacial score (nSPS) is 10.2. The lowest BCUT2D eigenvalue weighted by Crippen LogP contribution is -2.12. The van der Waals surface area contributed by atoms with Crippen molar-refractivity contribution in [3.05, 3.63) is 58.6 Å². The predicted octanol–water partition coefficient (Wildman–Crippen LogP) is 3.86. The van der Waals surface area contributed by atoms with Gasteiger partial charge in [-0.05, 0) is 42.3 Å². The van der Waals surface area contributed by atoms with Crippen LogP contribution >= 0.6 is 11.6 Å². The molecule has 98 valence electrons. The molecule has 19 heavy (non-hydrogen) atoms. The Morgan fingerprint density at radius 3 is 2.47 bits per heavy atom. The number of anilines is 1. The molecule has 2 aromatic rings. The van der Waals surface area contributed by atoms with Crippen LogP contribution in [0.1, 0.15) is 22.8 Å². The van der Waals surface area contributed by atoms with E-state index in [4.69, 9.17) is 11.6 Å². The van der Waals surface area contributed by atoms with Crippen LogP contribution in [0.4, 0.5) is 5.69 Å². The molecule has 0 spiro atoms. The van der Waals surface area contributed by atoms with Crippen LogP contribution < -0.4 is 5.32 Å². The number of hydrogen-bond acceptors (Lipinski definition) is 2. The van der Waals surface area contributed by atoms with Crippen LogP contribution in [-0.2, 0) is 6.42 Å². The summed E-state index contributed by atoms with van der Waals surface area (Å²) < 4.78 is 0. The Kier molecular flexibility index (Phi) is 4.07. The molecule has 0 aliphatic rings. The van der Waals surface area contributed by atoms with E-state index in [9.17, 15) is 9.90 Å². The molecule has 0 radical (unpaired) electrons. The van der Waals surface area contributed by atoms with Crippen molar-refractivity contribution in [1.82, 2.24) is 0 Å². The Morgan fingerprint density at radius 1 is 1.21 bits per heavy atom. The van der Waals surface area contributed by atoms with Crippen LogP contribution in [-0.4, -0.2) is 11.0 Å². The van der Waals surface area contributed by atoms with E-state index in [0.717, 1.165) is 6.42 Å². The molecule has 0 aliphatic carbocycles. The van der Waals surface area contributed by atoms with Crippen LogP contribution in [0, 0.1) is 0 Å². The highest BCUT2D eigenvalue weighted by Gasteiger charge is 2.11. The molecular weight excluding hydrogens is 262 g/mol. The summed E-state index contributed by atoms with van der Waals surface area (Å²) in [7, 11) is 0. The maximum atomic E-state index is 12.0. The molecule has 2 aromatic carbocycles. The third-order valence-electron chi connectivity index (χ3n) is 2.82. The van der Waals surface area contributed by atoms with Gasteiger partial charge in [0.25, 0.3) is 5.91 Å². The van der Waals surface area contributed by atoms with E-state index >= 15 is 0 Å². The lowest BCUT2D eigenvalue weighted by Gasteiger charge is -2.07. The van der Waals surface area contributed by atoms with Crippen molar-refractivity contribution in [3.8, 4) is 5.75 Å². The van der Waals surface area contributed by atoms with Crippen LogP contribution in [0.3, 0.4) is 0 Å². The minimum Gasteiger partial charge on any atom is -0.507 e. The molecule has 0 saturated carbocycles. The first kappa shape index (κ1) is 13.4. The Balaban J connectivity index is 2.15. The van der Waals surface area contributed by atoms with Gasteiger partial charge in [0.05, 0.1) is 5.56 Å². The molecule has 0 heterocycles. The number of hydrogen-bond donors (Lipinski definition) is 2. The Morgan fingerprint density at radius 2 is 1.89 bits per heavy atom. The number of carbonyl (C=O) groups is 1. The molecule has 2 N–H and O–H groups in total. The number of rotatable bonds is 3. The molecule has 2 rings (SSSR count). The number of phenols is 1. The fourth-order valence-electron chi connectivity index (χ4n) is 1.72. The van der Waals surface area contributed by atoms with E-state index < -0.39 is 0 Å². The lowest BCUT2D eigenvalue weighted by molar-refractivity contribution is 0.102. The molecule has 0 aromatic heterocycles. The average molecular weight is 276 g/mol. The van der Waals surface area contributed by atoms with E-state index in [1.165, 1.54) is 17.7 Å². The van der Waals surface area contributed by atoms with Crippen molar-refractivity contribution in [1.29, 1.82) is 0 Å². The third-order valence-corrected chi connectivity index (χ3v) is 3.06. The monoisotopic (exact) mass is 275 g/mol. The first-order chi connectivity index (χ1) is 9.10. The van der Waals surface area contributed by atoms with Gasteiger partial charge in [-0.3, -0.25) is 4.79 Å². The minimum atomic E-state index is -0.363. The highest BCUT2D eigenvalue weighted by molar-refractivity contribution is 6.30. The van der Waals surface area contributed by atoms with Gasteiger partial charge in [0.15, 0.2) is 0 Å². The zero-order valence-corrected chi connectivity index (χ0v) is 11.2. The third kappa shape index (κ3) is 3.26. The van der Waals surface area contributed by atoms with Crippen LogP contribution in [0.5, 0.6) is 5.75 Å². The van der Waals surface area contributed by atoms with Crippen molar-refractivity contribution in [2.75, 3.05) is 5.32 Å². The molecule has 3 nitrogen and oxygen atoms in total. The quantitative estimate of drug-likeness (QED) is 0.894. The predicted molar refractivity (Wildman–Crippen MR) is 76.9 cm³/mol. The summed E-state index contributed by atoms with van der Waals surface area (Å²) in [6, 6.07) is 12.0. The van der Waals surface area contributed by atoms with Gasteiger partial charge < -0.3 is 10.4 Å². The summed E-state index contributed by atoms with van der Waals surface area (Å²) in [6.45, 7) is 2.07.